The third kappa shape index (κ3) is 7.02. The molecule has 3 aromatic rings. The van der Waals surface area contributed by atoms with Crippen LogP contribution in [0.25, 0.3) is 0 Å². The Hall–Kier alpha value is -2.94. The lowest BCUT2D eigenvalue weighted by molar-refractivity contribution is 0.103. The first-order valence-corrected chi connectivity index (χ1v) is 10.9. The van der Waals surface area contributed by atoms with Crippen LogP contribution in [-0.4, -0.2) is 50.3 Å². The zero-order valence-electron chi connectivity index (χ0n) is 19.0. The zero-order chi connectivity index (χ0) is 23.6. The van der Waals surface area contributed by atoms with Crippen LogP contribution in [0, 0.1) is 6.92 Å². The van der Waals surface area contributed by atoms with Gasteiger partial charge in [-0.15, -0.1) is 0 Å². The van der Waals surface area contributed by atoms with Gasteiger partial charge in [0, 0.05) is 6.54 Å². The van der Waals surface area contributed by atoms with Crippen LogP contribution in [0.1, 0.15) is 17.0 Å². The molecule has 178 valence electrons. The number of aliphatic hydroxyl groups is 1. The van der Waals surface area contributed by atoms with Crippen LogP contribution in [0.2, 0.25) is 5.02 Å². The molecule has 0 spiro atoms. The molecule has 1 aromatic heterocycles. The van der Waals surface area contributed by atoms with E-state index >= 15 is 0 Å². The van der Waals surface area contributed by atoms with Gasteiger partial charge in [-0.2, -0.15) is 0 Å². The smallest absolute Gasteiger partial charge is 0.192 e. The summed E-state index contributed by atoms with van der Waals surface area (Å²) in [6.45, 7) is 3.09. The van der Waals surface area contributed by atoms with Gasteiger partial charge in [0.05, 0.1) is 19.9 Å². The number of halogens is 1. The Kier molecular flexibility index (Phi) is 9.24. The van der Waals surface area contributed by atoms with Gasteiger partial charge in [-0.3, -0.25) is 0 Å². The van der Waals surface area contributed by atoms with E-state index in [4.69, 9.17) is 35.1 Å². The fourth-order valence-corrected chi connectivity index (χ4v) is 3.23. The second-order valence-corrected chi connectivity index (χ2v) is 7.73. The maximum Gasteiger partial charge on any atom is 0.192 e. The minimum Gasteiger partial charge on any atom is -0.493 e. The first-order chi connectivity index (χ1) is 16.0. The van der Waals surface area contributed by atoms with Crippen LogP contribution in [0.5, 0.6) is 23.0 Å². The molecule has 0 saturated carbocycles. The molecule has 0 aliphatic carbocycles. The summed E-state index contributed by atoms with van der Waals surface area (Å²) in [6, 6.07) is 13.0. The number of aliphatic hydroxyl groups excluding tert-OH is 1. The van der Waals surface area contributed by atoms with Crippen LogP contribution in [-0.2, 0) is 13.0 Å². The Morgan fingerprint density at radius 2 is 1.76 bits per heavy atom. The predicted molar refractivity (Wildman–Crippen MR) is 125 cm³/mol. The SMILES string of the molecule is COc1ccc(CCNCC(O)COc2ccccc2OCc2onc(C)c2Cl)cc1OC. The van der Waals surface area contributed by atoms with Crippen molar-refractivity contribution in [2.45, 2.75) is 26.1 Å². The molecule has 1 unspecified atom stereocenters. The molecule has 0 saturated heterocycles. The van der Waals surface area contributed by atoms with Crippen molar-refractivity contribution in [2.75, 3.05) is 33.9 Å². The van der Waals surface area contributed by atoms with Gasteiger partial charge in [0.15, 0.2) is 35.4 Å². The van der Waals surface area contributed by atoms with E-state index in [1.807, 2.05) is 30.3 Å². The van der Waals surface area contributed by atoms with Crippen molar-refractivity contribution in [3.8, 4) is 23.0 Å². The number of nitrogens with zero attached hydrogens (tertiary/aromatic N) is 1. The maximum atomic E-state index is 10.3. The van der Waals surface area contributed by atoms with Crippen molar-refractivity contribution in [3.63, 3.8) is 0 Å². The lowest BCUT2D eigenvalue weighted by Gasteiger charge is -2.16. The summed E-state index contributed by atoms with van der Waals surface area (Å²) in [5.74, 6) is 2.89. The van der Waals surface area contributed by atoms with Gasteiger partial charge in [-0.25, -0.2) is 0 Å². The van der Waals surface area contributed by atoms with Gasteiger partial charge >= 0.3 is 0 Å². The molecule has 3 rings (SSSR count). The Morgan fingerprint density at radius 3 is 2.42 bits per heavy atom. The van der Waals surface area contributed by atoms with Crippen molar-refractivity contribution in [3.05, 3.63) is 64.5 Å². The third-order valence-electron chi connectivity index (χ3n) is 4.91. The number of aromatic nitrogens is 1. The van der Waals surface area contributed by atoms with E-state index in [2.05, 4.69) is 10.5 Å². The number of ether oxygens (including phenoxy) is 4. The van der Waals surface area contributed by atoms with Gasteiger partial charge in [0.25, 0.3) is 0 Å². The Labute approximate surface area is 198 Å². The van der Waals surface area contributed by atoms with Gasteiger partial charge in [0.2, 0.25) is 0 Å². The number of para-hydroxylation sites is 2. The fraction of sp³-hybridized carbons (Fsp3) is 0.375. The summed E-state index contributed by atoms with van der Waals surface area (Å²) in [7, 11) is 3.23. The number of benzene rings is 2. The van der Waals surface area contributed by atoms with Gasteiger partial charge < -0.3 is 33.9 Å². The molecule has 0 fully saturated rings. The van der Waals surface area contributed by atoms with Crippen molar-refractivity contribution in [1.82, 2.24) is 10.5 Å². The minimum absolute atomic E-state index is 0.117. The van der Waals surface area contributed by atoms with E-state index in [-0.39, 0.29) is 13.2 Å². The standard InChI is InChI=1S/C24H29ClN2O6/c1-16-24(25)23(33-27-16)15-32-21-7-5-4-6-20(21)31-14-18(28)13-26-11-10-17-8-9-19(29-2)22(12-17)30-3/h4-9,12,18,26,28H,10-11,13-15H2,1-3H3. The van der Waals surface area contributed by atoms with Crippen LogP contribution < -0.4 is 24.3 Å². The molecule has 1 heterocycles. The topological polar surface area (TPSA) is 95.2 Å². The van der Waals surface area contributed by atoms with Crippen molar-refractivity contribution in [1.29, 1.82) is 0 Å². The molecule has 0 bridgehead atoms. The summed E-state index contributed by atoms with van der Waals surface area (Å²) >= 11 is 6.13. The molecular weight excluding hydrogens is 448 g/mol. The molecule has 8 nitrogen and oxygen atoms in total. The van der Waals surface area contributed by atoms with Gasteiger partial charge in [-0.1, -0.05) is 35.0 Å². The Bertz CT molecular complexity index is 1030. The lowest BCUT2D eigenvalue weighted by atomic mass is 10.1. The number of nitrogens with one attached hydrogen (secondary N) is 1. The first kappa shape index (κ1) is 24.7. The summed E-state index contributed by atoms with van der Waals surface area (Å²) in [6.07, 6.45) is 0.101. The lowest BCUT2D eigenvalue weighted by Crippen LogP contribution is -2.32. The number of rotatable bonds is 13. The van der Waals surface area contributed by atoms with Crippen molar-refractivity contribution in [2.24, 2.45) is 0 Å². The monoisotopic (exact) mass is 476 g/mol. The summed E-state index contributed by atoms with van der Waals surface area (Å²) in [4.78, 5) is 0. The number of methoxy groups -OCH3 is 2. The number of hydrogen-bond acceptors (Lipinski definition) is 8. The van der Waals surface area contributed by atoms with E-state index in [0.29, 0.717) is 52.6 Å². The molecule has 0 aliphatic rings. The van der Waals surface area contributed by atoms with Crippen molar-refractivity contribution < 1.29 is 28.6 Å². The van der Waals surface area contributed by atoms with Crippen LogP contribution in [0.4, 0.5) is 0 Å². The van der Waals surface area contributed by atoms with Gasteiger partial charge in [-0.05, 0) is 49.7 Å². The average molecular weight is 477 g/mol. The molecule has 0 radical (unpaired) electrons. The van der Waals surface area contributed by atoms with E-state index in [1.165, 1.54) is 0 Å². The largest absolute Gasteiger partial charge is 0.493 e. The highest BCUT2D eigenvalue weighted by molar-refractivity contribution is 6.31. The fourth-order valence-electron chi connectivity index (χ4n) is 3.11. The van der Waals surface area contributed by atoms with E-state index in [9.17, 15) is 5.11 Å². The normalized spacial score (nSPS) is 11.8. The second-order valence-electron chi connectivity index (χ2n) is 7.35. The summed E-state index contributed by atoms with van der Waals surface area (Å²) < 4.78 is 27.3. The third-order valence-corrected chi connectivity index (χ3v) is 5.40. The molecule has 1 atom stereocenters. The van der Waals surface area contributed by atoms with Crippen LogP contribution in [0.15, 0.2) is 47.0 Å². The maximum absolute atomic E-state index is 10.3. The molecule has 9 heteroatoms. The molecule has 33 heavy (non-hydrogen) atoms. The van der Waals surface area contributed by atoms with Crippen LogP contribution in [0.3, 0.4) is 0 Å². The average Bonchev–Trinajstić information content (AvgIpc) is 3.16. The highest BCUT2D eigenvalue weighted by atomic mass is 35.5. The first-order valence-electron chi connectivity index (χ1n) is 10.6. The number of hydrogen-bond donors (Lipinski definition) is 2. The quantitative estimate of drug-likeness (QED) is 0.360. The second kappa shape index (κ2) is 12.3. The highest BCUT2D eigenvalue weighted by Crippen LogP contribution is 2.29. The zero-order valence-corrected chi connectivity index (χ0v) is 19.7. The summed E-state index contributed by atoms with van der Waals surface area (Å²) in [5.41, 5.74) is 1.72. The molecule has 2 aromatic carbocycles. The van der Waals surface area contributed by atoms with E-state index < -0.39 is 6.10 Å². The van der Waals surface area contributed by atoms with Crippen LogP contribution >= 0.6 is 11.6 Å². The van der Waals surface area contributed by atoms with Crippen molar-refractivity contribution >= 4 is 11.6 Å². The predicted octanol–water partition coefficient (Wildman–Crippen LogP) is 3.80. The highest BCUT2D eigenvalue weighted by Gasteiger charge is 2.14. The van der Waals surface area contributed by atoms with E-state index in [0.717, 1.165) is 12.0 Å². The summed E-state index contributed by atoms with van der Waals surface area (Å²) in [5, 5.41) is 17.8. The van der Waals surface area contributed by atoms with E-state index in [1.54, 1.807) is 33.3 Å². The molecular formula is C24H29ClN2O6. The Balaban J connectivity index is 1.42. The Morgan fingerprint density at radius 1 is 1.03 bits per heavy atom. The number of aryl methyl sites for hydroxylation is 1. The molecule has 0 amide bonds. The van der Waals surface area contributed by atoms with Gasteiger partial charge in [0.1, 0.15) is 17.7 Å². The minimum atomic E-state index is -0.685. The molecule has 0 aliphatic heterocycles. The molecule has 2 N–H and O–H groups in total.